The lowest BCUT2D eigenvalue weighted by atomic mass is 10.2. The Balaban J connectivity index is 1.89. The monoisotopic (exact) mass is 254 g/mol. The summed E-state index contributed by atoms with van der Waals surface area (Å²) in [5, 5.41) is 0. The van der Waals surface area contributed by atoms with E-state index < -0.39 is 0 Å². The molecule has 0 amide bonds. The predicted octanol–water partition coefficient (Wildman–Crippen LogP) is 1.51. The number of nitrogen functional groups attached to an aromatic ring is 1. The molecule has 2 N–H and O–H groups in total. The van der Waals surface area contributed by atoms with Gasteiger partial charge in [-0.05, 0) is 18.7 Å². The van der Waals surface area contributed by atoms with Gasteiger partial charge in [0.2, 0.25) is 0 Å². The highest BCUT2D eigenvalue weighted by Gasteiger charge is 2.20. The fourth-order valence-electron chi connectivity index (χ4n) is 1.98. The molecule has 5 heteroatoms. The molecule has 1 atom stereocenters. The first-order valence-electron chi connectivity index (χ1n) is 6.21. The van der Waals surface area contributed by atoms with Gasteiger partial charge in [-0.2, -0.15) is 0 Å². The molecule has 0 saturated carbocycles. The number of hydrogen-bond acceptors (Lipinski definition) is 4. The van der Waals surface area contributed by atoms with Crippen LogP contribution in [0.1, 0.15) is 6.92 Å². The van der Waals surface area contributed by atoms with Crippen molar-refractivity contribution >= 4 is 5.69 Å². The molecular formula is C13H19FN2O2. The molecule has 1 aliphatic rings. The highest BCUT2D eigenvalue weighted by atomic mass is 19.1. The molecule has 1 aliphatic heterocycles. The molecule has 0 aromatic heterocycles. The van der Waals surface area contributed by atoms with Crippen molar-refractivity contribution in [1.82, 2.24) is 4.90 Å². The van der Waals surface area contributed by atoms with Crippen LogP contribution < -0.4 is 10.5 Å². The van der Waals surface area contributed by atoms with Gasteiger partial charge in [0.25, 0.3) is 0 Å². The Morgan fingerprint density at radius 2 is 2.39 bits per heavy atom. The Morgan fingerprint density at radius 3 is 3.17 bits per heavy atom. The van der Waals surface area contributed by atoms with E-state index in [1.807, 2.05) is 0 Å². The van der Waals surface area contributed by atoms with E-state index in [1.165, 1.54) is 18.2 Å². The minimum atomic E-state index is -0.348. The summed E-state index contributed by atoms with van der Waals surface area (Å²) < 4.78 is 24.2. The van der Waals surface area contributed by atoms with Crippen molar-refractivity contribution in [3.05, 3.63) is 24.0 Å². The number of ether oxygens (including phenoxy) is 2. The maximum Gasteiger partial charge on any atom is 0.145 e. The Hall–Kier alpha value is -1.33. The summed E-state index contributed by atoms with van der Waals surface area (Å²) in [6.07, 6.45) is 0.0152. The van der Waals surface area contributed by atoms with Gasteiger partial charge in [-0.1, -0.05) is 6.92 Å². The topological polar surface area (TPSA) is 47.7 Å². The van der Waals surface area contributed by atoms with E-state index in [0.29, 0.717) is 24.7 Å². The third kappa shape index (κ3) is 3.34. The minimum absolute atomic E-state index is 0.0152. The summed E-state index contributed by atoms with van der Waals surface area (Å²) in [5.74, 6) is 0.0335. The number of nitrogens with zero attached hydrogens (tertiary/aromatic N) is 1. The summed E-state index contributed by atoms with van der Waals surface area (Å²) in [6.45, 7) is 6.02. The maximum atomic E-state index is 13.1. The van der Waals surface area contributed by atoms with Gasteiger partial charge in [-0.15, -0.1) is 0 Å². The lowest BCUT2D eigenvalue weighted by Gasteiger charge is -2.31. The van der Waals surface area contributed by atoms with E-state index in [9.17, 15) is 4.39 Å². The fourth-order valence-corrected chi connectivity index (χ4v) is 1.98. The molecule has 1 heterocycles. The highest BCUT2D eigenvalue weighted by molar-refractivity contribution is 5.52. The smallest absolute Gasteiger partial charge is 0.145 e. The summed E-state index contributed by atoms with van der Waals surface area (Å²) >= 11 is 0. The van der Waals surface area contributed by atoms with E-state index in [1.54, 1.807) is 0 Å². The van der Waals surface area contributed by atoms with Crippen LogP contribution in [0.4, 0.5) is 10.1 Å². The van der Waals surface area contributed by atoms with Gasteiger partial charge < -0.3 is 15.2 Å². The summed E-state index contributed by atoms with van der Waals surface area (Å²) in [4.78, 5) is 2.30. The summed E-state index contributed by atoms with van der Waals surface area (Å²) in [7, 11) is 0. The quantitative estimate of drug-likeness (QED) is 0.827. The normalized spacial score (nSPS) is 20.9. The van der Waals surface area contributed by atoms with Gasteiger partial charge in [0, 0.05) is 19.2 Å². The second-order valence-corrected chi connectivity index (χ2v) is 4.38. The molecule has 0 bridgehead atoms. The van der Waals surface area contributed by atoms with Crippen LogP contribution in [0.15, 0.2) is 18.2 Å². The number of likely N-dealkylation sites (N-methyl/N-ethyl adjacent to an activating group) is 1. The number of rotatable bonds is 4. The van der Waals surface area contributed by atoms with Crippen LogP contribution in [0.3, 0.4) is 0 Å². The Labute approximate surface area is 106 Å². The van der Waals surface area contributed by atoms with E-state index in [4.69, 9.17) is 15.2 Å². The molecule has 1 unspecified atom stereocenters. The van der Waals surface area contributed by atoms with Crippen molar-refractivity contribution in [2.24, 2.45) is 0 Å². The van der Waals surface area contributed by atoms with Gasteiger partial charge in [0.1, 0.15) is 24.3 Å². The molecule has 100 valence electrons. The molecule has 0 aliphatic carbocycles. The number of anilines is 1. The summed E-state index contributed by atoms with van der Waals surface area (Å²) in [5.41, 5.74) is 6.16. The SMILES string of the molecule is CCN1CCOC(COc2cc(F)ccc2N)C1. The first kappa shape index (κ1) is 13.1. The third-order valence-electron chi connectivity index (χ3n) is 3.07. The second kappa shape index (κ2) is 6.02. The second-order valence-electron chi connectivity index (χ2n) is 4.38. The van der Waals surface area contributed by atoms with E-state index >= 15 is 0 Å². The molecule has 1 aromatic carbocycles. The van der Waals surface area contributed by atoms with Gasteiger partial charge in [0.05, 0.1) is 12.3 Å². The number of halogens is 1. The van der Waals surface area contributed by atoms with E-state index in [0.717, 1.165) is 19.6 Å². The van der Waals surface area contributed by atoms with Crippen molar-refractivity contribution in [2.45, 2.75) is 13.0 Å². The maximum absolute atomic E-state index is 13.1. The van der Waals surface area contributed by atoms with Crippen molar-refractivity contribution in [3.63, 3.8) is 0 Å². The molecule has 4 nitrogen and oxygen atoms in total. The minimum Gasteiger partial charge on any atom is -0.489 e. The molecule has 1 fully saturated rings. The number of hydrogen-bond donors (Lipinski definition) is 1. The van der Waals surface area contributed by atoms with E-state index in [2.05, 4.69) is 11.8 Å². The molecule has 18 heavy (non-hydrogen) atoms. The Bertz CT molecular complexity index is 401. The lowest BCUT2D eigenvalue weighted by Crippen LogP contribution is -2.44. The predicted molar refractivity (Wildman–Crippen MR) is 68.2 cm³/mol. The largest absolute Gasteiger partial charge is 0.489 e. The Morgan fingerprint density at radius 1 is 1.56 bits per heavy atom. The standard InChI is InChI=1S/C13H19FN2O2/c1-2-16-5-6-17-11(8-16)9-18-13-7-10(14)3-4-12(13)15/h3-4,7,11H,2,5-6,8-9,15H2,1H3. The first-order chi connectivity index (χ1) is 8.69. The average molecular weight is 254 g/mol. The zero-order valence-electron chi connectivity index (χ0n) is 10.6. The van der Waals surface area contributed by atoms with E-state index in [-0.39, 0.29) is 11.9 Å². The average Bonchev–Trinajstić information content (AvgIpc) is 2.40. The fraction of sp³-hybridized carbons (Fsp3) is 0.538. The zero-order valence-corrected chi connectivity index (χ0v) is 10.6. The third-order valence-corrected chi connectivity index (χ3v) is 3.07. The first-order valence-corrected chi connectivity index (χ1v) is 6.21. The van der Waals surface area contributed by atoms with Crippen molar-refractivity contribution in [1.29, 1.82) is 0 Å². The molecule has 1 saturated heterocycles. The summed E-state index contributed by atoms with van der Waals surface area (Å²) in [6, 6.07) is 4.12. The molecule has 0 spiro atoms. The number of morpholine rings is 1. The molecule has 0 radical (unpaired) electrons. The number of benzene rings is 1. The number of nitrogens with two attached hydrogens (primary N) is 1. The van der Waals surface area contributed by atoms with Crippen LogP contribution in [0.5, 0.6) is 5.75 Å². The molecule has 2 rings (SSSR count). The van der Waals surface area contributed by atoms with Gasteiger partial charge >= 0.3 is 0 Å². The van der Waals surface area contributed by atoms with Crippen molar-refractivity contribution in [3.8, 4) is 5.75 Å². The van der Waals surface area contributed by atoms with Crippen LogP contribution in [-0.4, -0.2) is 43.9 Å². The van der Waals surface area contributed by atoms with Crippen molar-refractivity contribution in [2.75, 3.05) is 38.6 Å². The van der Waals surface area contributed by atoms with Crippen LogP contribution in [0.25, 0.3) is 0 Å². The van der Waals surface area contributed by atoms with Crippen LogP contribution >= 0.6 is 0 Å². The zero-order chi connectivity index (χ0) is 13.0. The van der Waals surface area contributed by atoms with Crippen molar-refractivity contribution < 1.29 is 13.9 Å². The van der Waals surface area contributed by atoms with Gasteiger partial charge in [0.15, 0.2) is 0 Å². The van der Waals surface area contributed by atoms with Crippen LogP contribution in [0.2, 0.25) is 0 Å². The van der Waals surface area contributed by atoms with Gasteiger partial charge in [-0.25, -0.2) is 4.39 Å². The Kier molecular flexibility index (Phi) is 4.38. The highest BCUT2D eigenvalue weighted by Crippen LogP contribution is 2.22. The van der Waals surface area contributed by atoms with Crippen LogP contribution in [-0.2, 0) is 4.74 Å². The van der Waals surface area contributed by atoms with Crippen LogP contribution in [0, 0.1) is 5.82 Å². The lowest BCUT2D eigenvalue weighted by molar-refractivity contribution is -0.0463. The van der Waals surface area contributed by atoms with Gasteiger partial charge in [-0.3, -0.25) is 4.90 Å². The molecular weight excluding hydrogens is 235 g/mol. The molecule has 1 aromatic rings.